The zero-order valence-electron chi connectivity index (χ0n) is 12.8. The molecule has 1 saturated heterocycles. The van der Waals surface area contributed by atoms with E-state index in [0.29, 0.717) is 5.56 Å². The molecular formula is C16H23FN2O2. The molecule has 1 fully saturated rings. The molecular weight excluding hydrogens is 271 g/mol. The summed E-state index contributed by atoms with van der Waals surface area (Å²) in [6.07, 6.45) is 0.242. The van der Waals surface area contributed by atoms with Crippen LogP contribution in [0, 0.1) is 5.82 Å². The van der Waals surface area contributed by atoms with Crippen LogP contribution >= 0.6 is 0 Å². The van der Waals surface area contributed by atoms with E-state index in [1.54, 1.807) is 18.2 Å². The molecule has 2 rings (SSSR count). The van der Waals surface area contributed by atoms with Crippen LogP contribution in [0.4, 0.5) is 4.39 Å². The zero-order valence-corrected chi connectivity index (χ0v) is 12.8. The number of carbonyl (C=O) groups excluding carboxylic acids is 1. The molecule has 1 N–H and O–H groups in total. The lowest BCUT2D eigenvalue weighted by atomic mass is 10.1. The van der Waals surface area contributed by atoms with Gasteiger partial charge >= 0.3 is 0 Å². The minimum atomic E-state index is -0.293. The van der Waals surface area contributed by atoms with Gasteiger partial charge in [-0.05, 0) is 26.8 Å². The molecule has 21 heavy (non-hydrogen) atoms. The van der Waals surface area contributed by atoms with Gasteiger partial charge in [0.1, 0.15) is 5.82 Å². The number of halogens is 1. The fourth-order valence-electron chi connectivity index (χ4n) is 2.67. The average Bonchev–Trinajstić information content (AvgIpc) is 2.44. The molecule has 3 atom stereocenters. The Bertz CT molecular complexity index is 485. The second-order valence-electron chi connectivity index (χ2n) is 5.70. The van der Waals surface area contributed by atoms with E-state index in [-0.39, 0.29) is 36.5 Å². The first-order chi connectivity index (χ1) is 9.97. The molecule has 1 amide bonds. The molecule has 0 radical (unpaired) electrons. The van der Waals surface area contributed by atoms with Crippen LogP contribution in [0.15, 0.2) is 24.3 Å². The number of hydrogen-bond donors (Lipinski definition) is 1. The van der Waals surface area contributed by atoms with Crippen molar-refractivity contribution in [3.63, 3.8) is 0 Å². The third kappa shape index (κ3) is 4.25. The maximum Gasteiger partial charge on any atom is 0.237 e. The van der Waals surface area contributed by atoms with Crippen LogP contribution in [0.5, 0.6) is 0 Å². The smallest absolute Gasteiger partial charge is 0.237 e. The van der Waals surface area contributed by atoms with Crippen molar-refractivity contribution in [3.8, 4) is 0 Å². The third-order valence-electron chi connectivity index (χ3n) is 3.79. The Morgan fingerprint density at radius 2 is 2.00 bits per heavy atom. The molecule has 0 spiro atoms. The molecule has 0 unspecified atom stereocenters. The number of nitrogens with zero attached hydrogens (tertiary/aromatic N) is 1. The number of ether oxygens (including phenoxy) is 1. The Labute approximate surface area is 125 Å². The first-order valence-corrected chi connectivity index (χ1v) is 7.38. The molecule has 1 heterocycles. The van der Waals surface area contributed by atoms with Crippen LogP contribution in [0.2, 0.25) is 0 Å². The second kappa shape index (κ2) is 7.00. The molecule has 0 aromatic heterocycles. The van der Waals surface area contributed by atoms with Gasteiger partial charge in [-0.15, -0.1) is 0 Å². The maximum atomic E-state index is 13.5. The van der Waals surface area contributed by atoms with E-state index >= 15 is 0 Å². The van der Waals surface area contributed by atoms with Gasteiger partial charge in [0.15, 0.2) is 0 Å². The predicted molar refractivity (Wildman–Crippen MR) is 79.3 cm³/mol. The molecule has 116 valence electrons. The highest BCUT2D eigenvalue weighted by Gasteiger charge is 2.29. The Kier molecular flexibility index (Phi) is 5.31. The molecule has 4 nitrogen and oxygen atoms in total. The van der Waals surface area contributed by atoms with E-state index in [2.05, 4.69) is 10.2 Å². The number of benzene rings is 1. The van der Waals surface area contributed by atoms with Gasteiger partial charge in [0, 0.05) is 25.2 Å². The number of carbonyl (C=O) groups is 1. The molecule has 1 aromatic carbocycles. The number of morpholine rings is 1. The fraction of sp³-hybridized carbons (Fsp3) is 0.562. The monoisotopic (exact) mass is 294 g/mol. The van der Waals surface area contributed by atoms with Crippen molar-refractivity contribution in [2.75, 3.05) is 13.1 Å². The van der Waals surface area contributed by atoms with E-state index in [1.807, 2.05) is 20.8 Å². The van der Waals surface area contributed by atoms with E-state index in [1.165, 1.54) is 6.07 Å². The lowest BCUT2D eigenvalue weighted by molar-refractivity contribution is -0.131. The molecule has 5 heteroatoms. The van der Waals surface area contributed by atoms with Gasteiger partial charge < -0.3 is 10.1 Å². The van der Waals surface area contributed by atoms with E-state index in [4.69, 9.17) is 4.74 Å². The van der Waals surface area contributed by atoms with Gasteiger partial charge in [0.25, 0.3) is 0 Å². The predicted octanol–water partition coefficient (Wildman–Crippen LogP) is 1.94. The zero-order chi connectivity index (χ0) is 15.4. The summed E-state index contributed by atoms with van der Waals surface area (Å²) in [5.74, 6) is -0.376. The number of amides is 1. The van der Waals surface area contributed by atoms with Crippen LogP contribution in [0.1, 0.15) is 26.3 Å². The van der Waals surface area contributed by atoms with Crippen LogP contribution in [-0.4, -0.2) is 42.1 Å². The highest BCUT2D eigenvalue weighted by Crippen LogP contribution is 2.14. The highest BCUT2D eigenvalue weighted by atomic mass is 19.1. The molecule has 1 aromatic rings. The first kappa shape index (κ1) is 15.9. The normalized spacial score (nSPS) is 24.6. The first-order valence-electron chi connectivity index (χ1n) is 7.38. The Balaban J connectivity index is 1.89. The Morgan fingerprint density at radius 3 is 2.62 bits per heavy atom. The van der Waals surface area contributed by atoms with E-state index in [9.17, 15) is 9.18 Å². The third-order valence-corrected chi connectivity index (χ3v) is 3.79. The van der Waals surface area contributed by atoms with Gasteiger partial charge in [-0.25, -0.2) is 4.39 Å². The second-order valence-corrected chi connectivity index (χ2v) is 5.70. The Hall–Kier alpha value is -1.46. The molecule has 0 saturated carbocycles. The highest BCUT2D eigenvalue weighted by molar-refractivity contribution is 5.81. The van der Waals surface area contributed by atoms with Gasteiger partial charge in [-0.3, -0.25) is 9.69 Å². The minimum absolute atomic E-state index is 0.0837. The summed E-state index contributed by atoms with van der Waals surface area (Å²) in [4.78, 5) is 14.3. The molecule has 1 aliphatic rings. The average molecular weight is 294 g/mol. The number of nitrogens with one attached hydrogen (secondary N) is 1. The lowest BCUT2D eigenvalue weighted by Crippen LogP contribution is -2.53. The SMILES string of the molecule is C[C@@H]1CN([C@H](C)C(=O)NCc2ccccc2F)C[C@H](C)O1. The van der Waals surface area contributed by atoms with Crippen LogP contribution in [0.25, 0.3) is 0 Å². The Morgan fingerprint density at radius 1 is 1.38 bits per heavy atom. The minimum Gasteiger partial charge on any atom is -0.373 e. The van der Waals surface area contributed by atoms with Crippen molar-refractivity contribution >= 4 is 5.91 Å². The number of hydrogen-bond acceptors (Lipinski definition) is 3. The number of rotatable bonds is 4. The summed E-state index contributed by atoms with van der Waals surface area (Å²) in [7, 11) is 0. The summed E-state index contributed by atoms with van der Waals surface area (Å²) in [6, 6.07) is 6.24. The standard InChI is InChI=1S/C16H23FN2O2/c1-11-9-19(10-12(2)21-11)13(3)16(20)18-8-14-6-4-5-7-15(14)17/h4-7,11-13H,8-10H2,1-3H3,(H,18,20)/t11-,12+,13-/m1/s1. The summed E-state index contributed by atoms with van der Waals surface area (Å²) < 4.78 is 19.2. The van der Waals surface area contributed by atoms with Crippen LogP contribution in [0.3, 0.4) is 0 Å². The van der Waals surface area contributed by atoms with Crippen molar-refractivity contribution < 1.29 is 13.9 Å². The topological polar surface area (TPSA) is 41.6 Å². The largest absolute Gasteiger partial charge is 0.373 e. The van der Waals surface area contributed by atoms with E-state index < -0.39 is 0 Å². The van der Waals surface area contributed by atoms with Gasteiger partial charge in [-0.1, -0.05) is 18.2 Å². The van der Waals surface area contributed by atoms with Gasteiger partial charge in [-0.2, -0.15) is 0 Å². The maximum absolute atomic E-state index is 13.5. The summed E-state index contributed by atoms with van der Waals surface area (Å²) in [5, 5.41) is 2.81. The van der Waals surface area contributed by atoms with Crippen molar-refractivity contribution in [2.24, 2.45) is 0 Å². The molecule has 1 aliphatic heterocycles. The lowest BCUT2D eigenvalue weighted by Gasteiger charge is -2.38. The molecule has 0 bridgehead atoms. The van der Waals surface area contributed by atoms with Gasteiger partial charge in [0.05, 0.1) is 18.2 Å². The van der Waals surface area contributed by atoms with Crippen molar-refractivity contribution in [1.82, 2.24) is 10.2 Å². The quantitative estimate of drug-likeness (QED) is 0.923. The van der Waals surface area contributed by atoms with Crippen molar-refractivity contribution in [1.29, 1.82) is 0 Å². The summed E-state index contributed by atoms with van der Waals surface area (Å²) in [6.45, 7) is 7.57. The van der Waals surface area contributed by atoms with Gasteiger partial charge in [0.2, 0.25) is 5.91 Å². The fourth-order valence-corrected chi connectivity index (χ4v) is 2.67. The molecule has 0 aliphatic carbocycles. The van der Waals surface area contributed by atoms with Crippen LogP contribution in [-0.2, 0) is 16.1 Å². The van der Waals surface area contributed by atoms with E-state index in [0.717, 1.165) is 13.1 Å². The summed E-state index contributed by atoms with van der Waals surface area (Å²) in [5.41, 5.74) is 0.502. The van der Waals surface area contributed by atoms with Crippen LogP contribution < -0.4 is 5.32 Å². The van der Waals surface area contributed by atoms with Crippen molar-refractivity contribution in [3.05, 3.63) is 35.6 Å². The summed E-state index contributed by atoms with van der Waals surface area (Å²) >= 11 is 0. The van der Waals surface area contributed by atoms with Crippen molar-refractivity contribution in [2.45, 2.75) is 45.6 Å².